The van der Waals surface area contributed by atoms with Gasteiger partial charge < -0.3 is 9.80 Å². The van der Waals surface area contributed by atoms with E-state index in [0.29, 0.717) is 0 Å². The Bertz CT molecular complexity index is 567. The molecule has 1 saturated heterocycles. The Morgan fingerprint density at radius 3 is 2.53 bits per heavy atom. The van der Waals surface area contributed by atoms with E-state index in [0.717, 1.165) is 40.9 Å². The highest BCUT2D eigenvalue weighted by Crippen LogP contribution is 2.26. The van der Waals surface area contributed by atoms with Gasteiger partial charge in [-0.15, -0.1) is 11.3 Å². The molecule has 19 heavy (non-hydrogen) atoms. The summed E-state index contributed by atoms with van der Waals surface area (Å²) in [5, 5.41) is 3.92. The number of benzene rings is 1. The van der Waals surface area contributed by atoms with Gasteiger partial charge in [0.25, 0.3) is 0 Å². The summed E-state index contributed by atoms with van der Waals surface area (Å²) in [6, 6.07) is 8.05. The molecule has 1 fully saturated rings. The van der Waals surface area contributed by atoms with Crippen LogP contribution in [-0.2, 0) is 0 Å². The van der Waals surface area contributed by atoms with Crippen molar-refractivity contribution in [1.82, 2.24) is 4.98 Å². The zero-order chi connectivity index (χ0) is 13.2. The number of hydrogen-bond acceptors (Lipinski definition) is 4. The highest BCUT2D eigenvalue weighted by atomic mass is 79.9. The largest absolute Gasteiger partial charge is 0.368 e. The van der Waals surface area contributed by atoms with Crippen molar-refractivity contribution < 1.29 is 0 Å². The van der Waals surface area contributed by atoms with Crippen molar-refractivity contribution in [2.75, 3.05) is 36.0 Å². The van der Waals surface area contributed by atoms with Crippen LogP contribution >= 0.6 is 38.9 Å². The number of rotatable bonds is 2. The standard InChI is InChI=1S/C13H13BrClN3S/c14-12-9-19-13(16-12)18-6-4-17(5-7-18)11-3-1-2-10(15)8-11/h1-3,8-9H,4-7H2. The van der Waals surface area contributed by atoms with Crippen LogP contribution in [0.4, 0.5) is 10.8 Å². The maximum Gasteiger partial charge on any atom is 0.186 e. The first-order chi connectivity index (χ1) is 9.22. The Hall–Kier alpha value is -0.780. The van der Waals surface area contributed by atoms with Gasteiger partial charge in [-0.05, 0) is 34.1 Å². The molecular weight excluding hydrogens is 346 g/mol. The molecule has 1 aromatic carbocycles. The minimum absolute atomic E-state index is 0.795. The van der Waals surface area contributed by atoms with Crippen LogP contribution < -0.4 is 9.80 Å². The first kappa shape index (κ1) is 13.2. The minimum atomic E-state index is 0.795. The molecule has 0 spiro atoms. The summed E-state index contributed by atoms with van der Waals surface area (Å²) in [4.78, 5) is 9.16. The molecule has 0 amide bonds. The molecule has 100 valence electrons. The number of halogens is 2. The molecule has 0 radical (unpaired) electrons. The smallest absolute Gasteiger partial charge is 0.186 e. The van der Waals surface area contributed by atoms with E-state index in [1.54, 1.807) is 11.3 Å². The molecule has 3 rings (SSSR count). The third kappa shape index (κ3) is 3.04. The van der Waals surface area contributed by atoms with Crippen LogP contribution in [0.3, 0.4) is 0 Å². The highest BCUT2D eigenvalue weighted by Gasteiger charge is 2.19. The quantitative estimate of drug-likeness (QED) is 0.812. The van der Waals surface area contributed by atoms with Gasteiger partial charge in [-0.25, -0.2) is 4.98 Å². The van der Waals surface area contributed by atoms with Crippen molar-refractivity contribution in [3.8, 4) is 0 Å². The van der Waals surface area contributed by atoms with E-state index in [-0.39, 0.29) is 0 Å². The third-order valence-electron chi connectivity index (χ3n) is 3.19. The summed E-state index contributed by atoms with van der Waals surface area (Å²) in [5.41, 5.74) is 1.20. The molecule has 6 heteroatoms. The fourth-order valence-electron chi connectivity index (χ4n) is 2.22. The molecule has 2 heterocycles. The van der Waals surface area contributed by atoms with Gasteiger partial charge in [-0.2, -0.15) is 0 Å². The van der Waals surface area contributed by atoms with Crippen molar-refractivity contribution in [3.05, 3.63) is 39.3 Å². The van der Waals surface area contributed by atoms with E-state index >= 15 is 0 Å². The molecule has 0 bridgehead atoms. The van der Waals surface area contributed by atoms with E-state index in [1.165, 1.54) is 5.69 Å². The summed E-state index contributed by atoms with van der Waals surface area (Å²) in [5.74, 6) is 0. The molecular formula is C13H13BrClN3S. The van der Waals surface area contributed by atoms with Gasteiger partial charge in [0, 0.05) is 42.3 Å². The Labute approximate surface area is 129 Å². The van der Waals surface area contributed by atoms with E-state index in [1.807, 2.05) is 23.6 Å². The summed E-state index contributed by atoms with van der Waals surface area (Å²) >= 11 is 11.1. The van der Waals surface area contributed by atoms with Crippen LogP contribution in [0.5, 0.6) is 0 Å². The number of nitrogens with zero attached hydrogens (tertiary/aromatic N) is 3. The molecule has 0 N–H and O–H groups in total. The van der Waals surface area contributed by atoms with Gasteiger partial charge in [0.15, 0.2) is 5.13 Å². The zero-order valence-electron chi connectivity index (χ0n) is 10.2. The zero-order valence-corrected chi connectivity index (χ0v) is 13.4. The molecule has 1 aliphatic rings. The summed E-state index contributed by atoms with van der Waals surface area (Å²) < 4.78 is 0.921. The topological polar surface area (TPSA) is 19.4 Å². The Kier molecular flexibility index (Phi) is 3.96. The number of aromatic nitrogens is 1. The van der Waals surface area contributed by atoms with Crippen LogP contribution in [0.2, 0.25) is 5.02 Å². The normalized spacial score (nSPS) is 15.9. The Morgan fingerprint density at radius 1 is 1.16 bits per heavy atom. The summed E-state index contributed by atoms with van der Waals surface area (Å²) in [6.45, 7) is 3.98. The van der Waals surface area contributed by atoms with Crippen molar-refractivity contribution in [2.45, 2.75) is 0 Å². The monoisotopic (exact) mass is 357 g/mol. The molecule has 1 aliphatic heterocycles. The molecule has 3 nitrogen and oxygen atoms in total. The predicted molar refractivity (Wildman–Crippen MR) is 85.7 cm³/mol. The number of hydrogen-bond donors (Lipinski definition) is 0. The molecule has 0 unspecified atom stereocenters. The van der Waals surface area contributed by atoms with Gasteiger partial charge in [-0.1, -0.05) is 17.7 Å². The lowest BCUT2D eigenvalue weighted by molar-refractivity contribution is 0.652. The van der Waals surface area contributed by atoms with E-state index < -0.39 is 0 Å². The van der Waals surface area contributed by atoms with Crippen molar-refractivity contribution >= 4 is 49.7 Å². The average Bonchev–Trinajstić information content (AvgIpc) is 2.86. The van der Waals surface area contributed by atoms with Crippen LogP contribution in [0.1, 0.15) is 0 Å². The van der Waals surface area contributed by atoms with Crippen molar-refractivity contribution in [3.63, 3.8) is 0 Å². The molecule has 2 aromatic rings. The maximum atomic E-state index is 6.04. The van der Waals surface area contributed by atoms with Crippen molar-refractivity contribution in [2.24, 2.45) is 0 Å². The third-order valence-corrected chi connectivity index (χ3v) is 5.03. The summed E-state index contributed by atoms with van der Waals surface area (Å²) in [6.07, 6.45) is 0. The minimum Gasteiger partial charge on any atom is -0.368 e. The maximum absolute atomic E-state index is 6.04. The fourth-order valence-corrected chi connectivity index (χ4v) is 3.71. The molecule has 0 aliphatic carbocycles. The fraction of sp³-hybridized carbons (Fsp3) is 0.308. The van der Waals surface area contributed by atoms with Gasteiger partial charge in [0.1, 0.15) is 4.60 Å². The lowest BCUT2D eigenvalue weighted by Gasteiger charge is -2.36. The second kappa shape index (κ2) is 5.69. The molecule has 1 aromatic heterocycles. The lowest BCUT2D eigenvalue weighted by Crippen LogP contribution is -2.46. The Balaban J connectivity index is 1.66. The van der Waals surface area contributed by atoms with Crippen LogP contribution in [0, 0.1) is 0 Å². The van der Waals surface area contributed by atoms with E-state index in [2.05, 4.69) is 36.8 Å². The van der Waals surface area contributed by atoms with Gasteiger partial charge >= 0.3 is 0 Å². The lowest BCUT2D eigenvalue weighted by atomic mass is 10.2. The number of thiazole rings is 1. The SMILES string of the molecule is Clc1cccc(N2CCN(c3nc(Br)cs3)CC2)c1. The molecule has 0 saturated carbocycles. The van der Waals surface area contributed by atoms with E-state index in [9.17, 15) is 0 Å². The van der Waals surface area contributed by atoms with Gasteiger partial charge in [0.05, 0.1) is 0 Å². The second-order valence-corrected chi connectivity index (χ2v) is 6.49. The van der Waals surface area contributed by atoms with E-state index in [4.69, 9.17) is 11.6 Å². The Morgan fingerprint density at radius 2 is 1.89 bits per heavy atom. The average molecular weight is 359 g/mol. The van der Waals surface area contributed by atoms with Crippen molar-refractivity contribution in [1.29, 1.82) is 0 Å². The van der Waals surface area contributed by atoms with Gasteiger partial charge in [-0.3, -0.25) is 0 Å². The van der Waals surface area contributed by atoms with Crippen LogP contribution in [0.15, 0.2) is 34.2 Å². The number of piperazine rings is 1. The molecule has 0 atom stereocenters. The first-order valence-corrected chi connectivity index (χ1v) is 8.14. The van der Waals surface area contributed by atoms with Crippen LogP contribution in [-0.4, -0.2) is 31.2 Å². The second-order valence-electron chi connectivity index (χ2n) is 4.41. The van der Waals surface area contributed by atoms with Crippen LogP contribution in [0.25, 0.3) is 0 Å². The number of anilines is 2. The first-order valence-electron chi connectivity index (χ1n) is 6.09. The predicted octanol–water partition coefficient (Wildman–Crippen LogP) is 3.89. The summed E-state index contributed by atoms with van der Waals surface area (Å²) in [7, 11) is 0. The highest BCUT2D eigenvalue weighted by molar-refractivity contribution is 9.10. The van der Waals surface area contributed by atoms with Gasteiger partial charge in [0.2, 0.25) is 0 Å².